The molecule has 1 aliphatic heterocycles. The molecule has 0 aliphatic carbocycles. The Hall–Kier alpha value is -1.04. The average molecular weight is 137 g/mol. The molecule has 3 heteroatoms. The molecule has 10 heavy (non-hydrogen) atoms. The van der Waals surface area contributed by atoms with Crippen molar-refractivity contribution in [2.24, 2.45) is 0 Å². The molecule has 0 aromatic heterocycles. The van der Waals surface area contributed by atoms with Gasteiger partial charge in [-0.2, -0.15) is 5.26 Å². The molecular weight excluding hydrogens is 126 g/mol. The number of nitriles is 1. The summed E-state index contributed by atoms with van der Waals surface area (Å²) in [6.45, 7) is 1.72. The summed E-state index contributed by atoms with van der Waals surface area (Å²) in [7, 11) is 0. The second-order valence-corrected chi connectivity index (χ2v) is 2.45. The Morgan fingerprint density at radius 1 is 1.70 bits per heavy atom. The number of likely N-dealkylation sites (tertiary alicyclic amines) is 1. The largest absolute Gasteiger partial charge is 0.360 e. The third kappa shape index (κ3) is 1.47. The summed E-state index contributed by atoms with van der Waals surface area (Å²) in [6.07, 6.45) is 2.53. The Morgan fingerprint density at radius 3 is 3.00 bits per heavy atom. The van der Waals surface area contributed by atoms with E-state index in [2.05, 4.69) is 6.07 Å². The average Bonchev–Trinajstić information content (AvgIpc) is 2.31. The number of amidine groups is 1. The SMILES string of the molecule is N#CCCN1CCCC1=N. The maximum Gasteiger partial charge on any atom is 0.0958 e. The van der Waals surface area contributed by atoms with Gasteiger partial charge in [0.15, 0.2) is 0 Å². The van der Waals surface area contributed by atoms with Gasteiger partial charge in [-0.25, -0.2) is 0 Å². The highest BCUT2D eigenvalue weighted by molar-refractivity contribution is 5.80. The number of hydrogen-bond acceptors (Lipinski definition) is 2. The van der Waals surface area contributed by atoms with E-state index in [0.717, 1.165) is 25.9 Å². The number of rotatable bonds is 2. The normalized spacial score (nSPS) is 17.5. The van der Waals surface area contributed by atoms with Crippen LogP contribution < -0.4 is 0 Å². The molecule has 0 unspecified atom stereocenters. The van der Waals surface area contributed by atoms with Crippen molar-refractivity contribution >= 4 is 5.84 Å². The minimum absolute atomic E-state index is 0.544. The van der Waals surface area contributed by atoms with E-state index in [1.807, 2.05) is 4.90 Å². The molecule has 1 heterocycles. The van der Waals surface area contributed by atoms with Crippen molar-refractivity contribution in [3.63, 3.8) is 0 Å². The molecule has 0 amide bonds. The topological polar surface area (TPSA) is 50.9 Å². The minimum atomic E-state index is 0.544. The second kappa shape index (κ2) is 3.21. The van der Waals surface area contributed by atoms with Gasteiger partial charge >= 0.3 is 0 Å². The van der Waals surface area contributed by atoms with Crippen molar-refractivity contribution in [1.82, 2.24) is 4.90 Å². The lowest BCUT2D eigenvalue weighted by Crippen LogP contribution is -2.24. The first-order valence-corrected chi connectivity index (χ1v) is 3.54. The first-order chi connectivity index (χ1) is 4.84. The van der Waals surface area contributed by atoms with E-state index in [-0.39, 0.29) is 0 Å². The molecule has 3 nitrogen and oxygen atoms in total. The minimum Gasteiger partial charge on any atom is -0.360 e. The highest BCUT2D eigenvalue weighted by atomic mass is 15.2. The van der Waals surface area contributed by atoms with Crippen LogP contribution in [-0.2, 0) is 0 Å². The predicted molar refractivity (Wildman–Crippen MR) is 38.8 cm³/mol. The monoisotopic (exact) mass is 137 g/mol. The number of nitrogens with one attached hydrogen (secondary N) is 1. The van der Waals surface area contributed by atoms with E-state index in [0.29, 0.717) is 12.3 Å². The van der Waals surface area contributed by atoms with E-state index in [9.17, 15) is 0 Å². The molecular formula is C7H11N3. The molecule has 1 aliphatic rings. The zero-order valence-electron chi connectivity index (χ0n) is 5.93. The summed E-state index contributed by atoms with van der Waals surface area (Å²) < 4.78 is 0. The van der Waals surface area contributed by atoms with Crippen molar-refractivity contribution in [3.05, 3.63) is 0 Å². The molecule has 1 N–H and O–H groups in total. The Bertz CT molecular complexity index is 168. The summed E-state index contributed by atoms with van der Waals surface area (Å²) in [5.41, 5.74) is 0. The van der Waals surface area contributed by atoms with Gasteiger partial charge in [-0.15, -0.1) is 0 Å². The Morgan fingerprint density at radius 2 is 2.50 bits per heavy atom. The smallest absolute Gasteiger partial charge is 0.0958 e. The summed E-state index contributed by atoms with van der Waals surface area (Å²) in [5, 5.41) is 15.7. The van der Waals surface area contributed by atoms with Crippen LogP contribution in [0.25, 0.3) is 0 Å². The summed E-state index contributed by atoms with van der Waals surface area (Å²) in [5.74, 6) is 0.704. The molecule has 0 atom stereocenters. The lowest BCUT2D eigenvalue weighted by molar-refractivity contribution is 0.461. The quantitative estimate of drug-likeness (QED) is 0.616. The van der Waals surface area contributed by atoms with Crippen LogP contribution in [0.4, 0.5) is 0 Å². The maximum absolute atomic E-state index is 8.27. The van der Waals surface area contributed by atoms with Gasteiger partial charge < -0.3 is 4.90 Å². The Labute approximate surface area is 60.8 Å². The lowest BCUT2D eigenvalue weighted by atomic mass is 10.4. The van der Waals surface area contributed by atoms with Crippen molar-refractivity contribution in [3.8, 4) is 6.07 Å². The highest BCUT2D eigenvalue weighted by Crippen LogP contribution is 2.09. The maximum atomic E-state index is 8.27. The fourth-order valence-electron chi connectivity index (χ4n) is 1.16. The van der Waals surface area contributed by atoms with E-state index < -0.39 is 0 Å². The molecule has 0 radical (unpaired) electrons. The zero-order chi connectivity index (χ0) is 7.40. The first-order valence-electron chi connectivity index (χ1n) is 3.54. The van der Waals surface area contributed by atoms with Crippen LogP contribution in [0.15, 0.2) is 0 Å². The van der Waals surface area contributed by atoms with Crippen molar-refractivity contribution in [2.75, 3.05) is 13.1 Å². The first kappa shape index (κ1) is 7.07. The third-order valence-corrected chi connectivity index (χ3v) is 1.72. The highest BCUT2D eigenvalue weighted by Gasteiger charge is 2.15. The molecule has 1 saturated heterocycles. The van der Waals surface area contributed by atoms with E-state index >= 15 is 0 Å². The summed E-state index contributed by atoms with van der Waals surface area (Å²) in [4.78, 5) is 1.98. The molecule has 0 aromatic rings. The predicted octanol–water partition coefficient (Wildman–Crippen LogP) is 0.973. The van der Waals surface area contributed by atoms with Gasteiger partial charge in [0.25, 0.3) is 0 Å². The van der Waals surface area contributed by atoms with Crippen LogP contribution in [0, 0.1) is 16.7 Å². The molecule has 0 saturated carbocycles. The van der Waals surface area contributed by atoms with Gasteiger partial charge in [0.05, 0.1) is 18.3 Å². The van der Waals surface area contributed by atoms with E-state index in [1.54, 1.807) is 0 Å². The van der Waals surface area contributed by atoms with Crippen molar-refractivity contribution in [1.29, 1.82) is 10.7 Å². The number of hydrogen-bond donors (Lipinski definition) is 1. The number of nitrogens with zero attached hydrogens (tertiary/aromatic N) is 2. The van der Waals surface area contributed by atoms with Gasteiger partial charge in [-0.3, -0.25) is 5.41 Å². The molecule has 0 bridgehead atoms. The van der Waals surface area contributed by atoms with Gasteiger partial charge in [-0.1, -0.05) is 0 Å². The van der Waals surface area contributed by atoms with Crippen LogP contribution in [0.1, 0.15) is 19.3 Å². The van der Waals surface area contributed by atoms with Gasteiger partial charge in [0, 0.05) is 19.5 Å². The van der Waals surface area contributed by atoms with E-state index in [4.69, 9.17) is 10.7 Å². The molecule has 54 valence electrons. The van der Waals surface area contributed by atoms with Gasteiger partial charge in [0.2, 0.25) is 0 Å². The molecule has 0 spiro atoms. The molecule has 0 aromatic carbocycles. The fourth-order valence-corrected chi connectivity index (χ4v) is 1.16. The fraction of sp³-hybridized carbons (Fsp3) is 0.714. The van der Waals surface area contributed by atoms with Crippen molar-refractivity contribution < 1.29 is 0 Å². The van der Waals surface area contributed by atoms with Crippen LogP contribution >= 0.6 is 0 Å². The van der Waals surface area contributed by atoms with Gasteiger partial charge in [0.1, 0.15) is 0 Å². The standard InChI is InChI=1S/C7H11N3/c8-4-2-6-10-5-1-3-7(10)9/h9H,1-3,5-6H2. The van der Waals surface area contributed by atoms with Crippen LogP contribution in [0.5, 0.6) is 0 Å². The van der Waals surface area contributed by atoms with Crippen LogP contribution in [0.2, 0.25) is 0 Å². The second-order valence-electron chi connectivity index (χ2n) is 2.45. The summed E-state index contributed by atoms with van der Waals surface area (Å²) >= 11 is 0. The van der Waals surface area contributed by atoms with Crippen LogP contribution in [0.3, 0.4) is 0 Å². The Kier molecular flexibility index (Phi) is 2.27. The van der Waals surface area contributed by atoms with E-state index in [1.165, 1.54) is 0 Å². The Balaban J connectivity index is 2.28. The summed E-state index contributed by atoms with van der Waals surface area (Å²) in [6, 6.07) is 2.08. The third-order valence-electron chi connectivity index (χ3n) is 1.72. The van der Waals surface area contributed by atoms with Gasteiger partial charge in [-0.05, 0) is 6.42 Å². The van der Waals surface area contributed by atoms with Crippen molar-refractivity contribution in [2.45, 2.75) is 19.3 Å². The molecule has 1 fully saturated rings. The zero-order valence-corrected chi connectivity index (χ0v) is 5.93. The van der Waals surface area contributed by atoms with Crippen LogP contribution in [-0.4, -0.2) is 23.8 Å². The molecule has 1 rings (SSSR count). The lowest BCUT2D eigenvalue weighted by Gasteiger charge is -2.14.